The highest BCUT2D eigenvalue weighted by Crippen LogP contribution is 2.19. The van der Waals surface area contributed by atoms with Crippen LogP contribution in [0.15, 0.2) is 24.3 Å². The third-order valence-corrected chi connectivity index (χ3v) is 16.2. The Balaban J connectivity index is 4.09. The minimum atomic E-state index is -0.768. The van der Waals surface area contributed by atoms with Crippen LogP contribution in [0.3, 0.4) is 0 Å². The fourth-order valence-electron chi connectivity index (χ4n) is 10.9. The molecule has 0 bridgehead atoms. The first-order chi connectivity index (χ1) is 38.5. The van der Waals surface area contributed by atoms with E-state index < -0.39 is 6.10 Å². The number of allylic oxidation sites excluding steroid dienone is 4. The van der Waals surface area contributed by atoms with Gasteiger partial charge in [-0.15, -0.1) is 0 Å². The van der Waals surface area contributed by atoms with E-state index in [2.05, 4.69) is 45.1 Å². The predicted molar refractivity (Wildman–Crippen MR) is 340 cm³/mol. The fraction of sp³-hybridized carbons (Fsp3) is 0.903. The standard InChI is InChI=1S/C72H136O6/c1-4-7-10-13-16-19-21-23-25-27-29-31-33-34-35-36-37-39-40-42-44-46-48-50-53-56-59-62-65-71(74)77-68-69(67-76-70(73)64-61-58-55-52-18-15-12-9-6-3)78-72(75)66-63-60-57-54-51-49-47-45-43-41-38-32-30-28-26-24-22-20-17-14-11-8-5-2/h22,24,28,30,69H,4-21,23,25-27,29,31-68H2,1-3H3/b24-22-,30-28-. The summed E-state index contributed by atoms with van der Waals surface area (Å²) in [5, 5.41) is 0. The Hall–Kier alpha value is -2.11. The van der Waals surface area contributed by atoms with E-state index >= 15 is 0 Å². The molecule has 0 fully saturated rings. The highest BCUT2D eigenvalue weighted by Gasteiger charge is 2.19. The number of rotatable bonds is 66. The van der Waals surface area contributed by atoms with Crippen LogP contribution in [-0.2, 0) is 28.6 Å². The van der Waals surface area contributed by atoms with Gasteiger partial charge in [0.15, 0.2) is 6.10 Å². The molecule has 78 heavy (non-hydrogen) atoms. The van der Waals surface area contributed by atoms with Gasteiger partial charge in [-0.1, -0.05) is 353 Å². The lowest BCUT2D eigenvalue weighted by Crippen LogP contribution is -2.30. The third kappa shape index (κ3) is 64.7. The minimum Gasteiger partial charge on any atom is -0.462 e. The number of carbonyl (C=O) groups is 3. The number of esters is 3. The van der Waals surface area contributed by atoms with Crippen LogP contribution in [0.4, 0.5) is 0 Å². The number of ether oxygens (including phenoxy) is 3. The summed E-state index contributed by atoms with van der Waals surface area (Å²) in [5.41, 5.74) is 0. The lowest BCUT2D eigenvalue weighted by molar-refractivity contribution is -0.167. The Kier molecular flexibility index (Phi) is 65.6. The lowest BCUT2D eigenvalue weighted by Gasteiger charge is -2.18. The highest BCUT2D eigenvalue weighted by molar-refractivity contribution is 5.71. The van der Waals surface area contributed by atoms with E-state index in [9.17, 15) is 14.4 Å². The van der Waals surface area contributed by atoms with Crippen LogP contribution in [0.5, 0.6) is 0 Å². The summed E-state index contributed by atoms with van der Waals surface area (Å²) in [7, 11) is 0. The van der Waals surface area contributed by atoms with Gasteiger partial charge in [0.1, 0.15) is 13.2 Å². The maximum Gasteiger partial charge on any atom is 0.306 e. The molecule has 0 saturated heterocycles. The average Bonchev–Trinajstić information content (AvgIpc) is 3.44. The van der Waals surface area contributed by atoms with Crippen LogP contribution >= 0.6 is 0 Å². The van der Waals surface area contributed by atoms with Crippen LogP contribution in [-0.4, -0.2) is 37.2 Å². The molecule has 0 N–H and O–H groups in total. The second-order valence-electron chi connectivity index (χ2n) is 24.2. The van der Waals surface area contributed by atoms with Gasteiger partial charge in [-0.3, -0.25) is 14.4 Å². The van der Waals surface area contributed by atoms with Crippen molar-refractivity contribution in [2.75, 3.05) is 13.2 Å². The topological polar surface area (TPSA) is 78.9 Å². The average molecular weight is 1100 g/mol. The lowest BCUT2D eigenvalue weighted by atomic mass is 10.0. The van der Waals surface area contributed by atoms with Crippen molar-refractivity contribution < 1.29 is 28.6 Å². The summed E-state index contributed by atoms with van der Waals surface area (Å²) >= 11 is 0. The van der Waals surface area contributed by atoms with Crippen molar-refractivity contribution in [3.8, 4) is 0 Å². The smallest absolute Gasteiger partial charge is 0.306 e. The van der Waals surface area contributed by atoms with Crippen LogP contribution in [0.2, 0.25) is 0 Å². The summed E-state index contributed by atoms with van der Waals surface area (Å²) in [6.45, 7) is 6.69. The van der Waals surface area contributed by atoms with Crippen molar-refractivity contribution in [1.82, 2.24) is 0 Å². The third-order valence-electron chi connectivity index (χ3n) is 16.2. The summed E-state index contributed by atoms with van der Waals surface area (Å²) in [5.74, 6) is -0.841. The SMILES string of the molecule is CCCCCCC/C=C\C/C=C\CCCCCCCCCCCCCC(=O)OC(COC(=O)CCCCCCCCCCC)COC(=O)CCCCCCCCCCCCCCCCCCCCCCCCCCCCCC. The Labute approximate surface area is 487 Å². The van der Waals surface area contributed by atoms with Gasteiger partial charge in [0, 0.05) is 19.3 Å². The van der Waals surface area contributed by atoms with Crippen LogP contribution < -0.4 is 0 Å². The van der Waals surface area contributed by atoms with E-state index in [1.165, 1.54) is 295 Å². The second kappa shape index (κ2) is 67.4. The molecular formula is C72H136O6. The molecule has 0 saturated carbocycles. The van der Waals surface area contributed by atoms with Crippen LogP contribution in [0.25, 0.3) is 0 Å². The van der Waals surface area contributed by atoms with Gasteiger partial charge in [0.2, 0.25) is 0 Å². The van der Waals surface area contributed by atoms with Gasteiger partial charge in [-0.05, 0) is 51.4 Å². The number of carbonyl (C=O) groups excluding carboxylic acids is 3. The molecule has 1 atom stereocenters. The second-order valence-corrected chi connectivity index (χ2v) is 24.2. The zero-order chi connectivity index (χ0) is 56.4. The largest absolute Gasteiger partial charge is 0.462 e. The predicted octanol–water partition coefficient (Wildman–Crippen LogP) is 24.2. The van der Waals surface area contributed by atoms with Gasteiger partial charge in [-0.25, -0.2) is 0 Å². The normalized spacial score (nSPS) is 12.1. The Morgan fingerprint density at radius 2 is 0.462 bits per heavy atom. The van der Waals surface area contributed by atoms with E-state index in [0.717, 1.165) is 64.2 Å². The summed E-state index contributed by atoms with van der Waals surface area (Å²) < 4.78 is 16.9. The van der Waals surface area contributed by atoms with Crippen molar-refractivity contribution in [2.45, 2.75) is 406 Å². The first-order valence-electron chi connectivity index (χ1n) is 35.3. The molecule has 0 aliphatic heterocycles. The van der Waals surface area contributed by atoms with E-state index in [1.807, 2.05) is 0 Å². The first-order valence-corrected chi connectivity index (χ1v) is 35.3. The molecule has 0 rings (SSSR count). The molecule has 0 aliphatic rings. The number of unbranched alkanes of at least 4 members (excludes halogenated alkanes) is 51. The molecule has 1 unspecified atom stereocenters. The maximum atomic E-state index is 12.9. The molecule has 0 aromatic carbocycles. The molecule has 0 aromatic heterocycles. The molecule has 6 heteroatoms. The molecule has 0 aliphatic carbocycles. The molecule has 0 spiro atoms. The van der Waals surface area contributed by atoms with Gasteiger partial charge in [0.05, 0.1) is 0 Å². The monoisotopic (exact) mass is 1100 g/mol. The van der Waals surface area contributed by atoms with E-state index in [0.29, 0.717) is 19.3 Å². The van der Waals surface area contributed by atoms with Gasteiger partial charge in [-0.2, -0.15) is 0 Å². The number of hydrogen-bond acceptors (Lipinski definition) is 6. The molecular weight excluding hydrogens is 961 g/mol. The Morgan fingerprint density at radius 3 is 0.705 bits per heavy atom. The zero-order valence-corrected chi connectivity index (χ0v) is 53.0. The molecule has 6 nitrogen and oxygen atoms in total. The Morgan fingerprint density at radius 1 is 0.256 bits per heavy atom. The molecule has 0 heterocycles. The van der Waals surface area contributed by atoms with Gasteiger partial charge in [0.25, 0.3) is 0 Å². The van der Waals surface area contributed by atoms with Gasteiger partial charge < -0.3 is 14.2 Å². The number of hydrogen-bond donors (Lipinski definition) is 0. The van der Waals surface area contributed by atoms with Crippen molar-refractivity contribution >= 4 is 17.9 Å². The van der Waals surface area contributed by atoms with Crippen molar-refractivity contribution in [3.63, 3.8) is 0 Å². The molecule has 0 aromatic rings. The highest BCUT2D eigenvalue weighted by atomic mass is 16.6. The van der Waals surface area contributed by atoms with Crippen LogP contribution in [0, 0.1) is 0 Å². The van der Waals surface area contributed by atoms with E-state index in [-0.39, 0.29) is 31.1 Å². The van der Waals surface area contributed by atoms with Gasteiger partial charge >= 0.3 is 17.9 Å². The minimum absolute atomic E-state index is 0.0658. The first kappa shape index (κ1) is 75.9. The summed E-state index contributed by atoms with van der Waals surface area (Å²) in [6.07, 6.45) is 82.3. The Bertz CT molecular complexity index is 1260. The summed E-state index contributed by atoms with van der Waals surface area (Å²) in [6, 6.07) is 0. The van der Waals surface area contributed by atoms with Crippen molar-refractivity contribution in [3.05, 3.63) is 24.3 Å². The summed E-state index contributed by atoms with van der Waals surface area (Å²) in [4.78, 5) is 38.3. The quantitative estimate of drug-likeness (QED) is 0.0261. The van der Waals surface area contributed by atoms with E-state index in [4.69, 9.17) is 14.2 Å². The van der Waals surface area contributed by atoms with E-state index in [1.54, 1.807) is 0 Å². The zero-order valence-electron chi connectivity index (χ0n) is 53.0. The van der Waals surface area contributed by atoms with Crippen molar-refractivity contribution in [1.29, 1.82) is 0 Å². The van der Waals surface area contributed by atoms with Crippen LogP contribution in [0.1, 0.15) is 400 Å². The van der Waals surface area contributed by atoms with Crippen molar-refractivity contribution in [2.24, 2.45) is 0 Å². The fourth-order valence-corrected chi connectivity index (χ4v) is 10.9. The molecule has 460 valence electrons. The molecule has 0 amide bonds. The molecule has 0 radical (unpaired) electrons. The maximum absolute atomic E-state index is 12.9.